The van der Waals surface area contributed by atoms with Crippen molar-refractivity contribution in [2.75, 3.05) is 26.4 Å². The van der Waals surface area contributed by atoms with E-state index in [1.165, 1.54) is 0 Å². The molecular formula is C32H37F5N2O6. The van der Waals surface area contributed by atoms with E-state index in [0.717, 1.165) is 17.0 Å². The molecule has 246 valence electrons. The topological polar surface area (TPSA) is 97.3 Å². The largest absolute Gasteiger partial charge is 0.489 e. The van der Waals surface area contributed by atoms with Crippen LogP contribution in [0.2, 0.25) is 0 Å². The molecule has 0 aromatic heterocycles. The molecule has 2 aliphatic heterocycles. The van der Waals surface area contributed by atoms with Crippen LogP contribution in [0.4, 0.5) is 26.7 Å². The molecule has 2 atom stereocenters. The molecule has 3 amide bonds. The molecule has 0 aliphatic carbocycles. The highest BCUT2D eigenvalue weighted by molar-refractivity contribution is 6.07. The molecule has 2 unspecified atom stereocenters. The Labute approximate surface area is 258 Å². The van der Waals surface area contributed by atoms with Crippen molar-refractivity contribution in [2.24, 2.45) is 0 Å². The number of alkyl halides is 5. The van der Waals surface area contributed by atoms with E-state index < -0.39 is 41.2 Å². The SMILES string of the molecule is CCCc1cc(C(O)(C(F)F)C(F)(F)F)cc(CCC)c1OC/C=C/CN1C(=O)NC(CC)(c2ccc3c(c2)OCCO3)C1=O. The zero-order chi connectivity index (χ0) is 33.0. The Balaban J connectivity index is 1.51. The lowest BCUT2D eigenvalue weighted by molar-refractivity contribution is -0.305. The van der Waals surface area contributed by atoms with Gasteiger partial charge in [-0.05, 0) is 71.9 Å². The maximum atomic E-state index is 13.6. The van der Waals surface area contributed by atoms with Gasteiger partial charge in [-0.2, -0.15) is 13.2 Å². The van der Waals surface area contributed by atoms with E-state index in [1.54, 1.807) is 51.1 Å². The summed E-state index contributed by atoms with van der Waals surface area (Å²) in [5, 5.41) is 12.9. The molecule has 13 heteroatoms. The van der Waals surface area contributed by atoms with Gasteiger partial charge >= 0.3 is 12.2 Å². The molecule has 2 aromatic carbocycles. The highest BCUT2D eigenvalue weighted by atomic mass is 19.4. The van der Waals surface area contributed by atoms with Crippen molar-refractivity contribution < 1.29 is 50.9 Å². The van der Waals surface area contributed by atoms with Gasteiger partial charge in [0.15, 0.2) is 11.5 Å². The van der Waals surface area contributed by atoms with Crippen LogP contribution in [0.3, 0.4) is 0 Å². The minimum absolute atomic E-state index is 0.0735. The number of hydrogen-bond donors (Lipinski definition) is 2. The predicted molar refractivity (Wildman–Crippen MR) is 155 cm³/mol. The first-order chi connectivity index (χ1) is 21.3. The number of fused-ring (bicyclic) bond motifs is 1. The lowest BCUT2D eigenvalue weighted by atomic mass is 9.87. The average Bonchev–Trinajstić information content (AvgIpc) is 3.25. The van der Waals surface area contributed by atoms with Gasteiger partial charge < -0.3 is 24.6 Å². The number of ether oxygens (including phenoxy) is 3. The van der Waals surface area contributed by atoms with Crippen molar-refractivity contribution in [1.82, 2.24) is 10.2 Å². The third-order valence-electron chi connectivity index (χ3n) is 7.99. The number of nitrogens with one attached hydrogen (secondary N) is 1. The normalized spacial score (nSPS) is 19.7. The molecule has 2 N–H and O–H groups in total. The second-order valence-electron chi connectivity index (χ2n) is 10.9. The fourth-order valence-electron chi connectivity index (χ4n) is 5.60. The number of aryl methyl sites for hydroxylation is 2. The monoisotopic (exact) mass is 640 g/mol. The highest BCUT2D eigenvalue weighted by Gasteiger charge is 2.62. The van der Waals surface area contributed by atoms with Crippen molar-refractivity contribution in [3.63, 3.8) is 0 Å². The summed E-state index contributed by atoms with van der Waals surface area (Å²) in [4.78, 5) is 27.5. The molecule has 0 bridgehead atoms. The predicted octanol–water partition coefficient (Wildman–Crippen LogP) is 6.17. The van der Waals surface area contributed by atoms with Crippen LogP contribution in [-0.4, -0.2) is 60.9 Å². The zero-order valence-corrected chi connectivity index (χ0v) is 25.3. The van der Waals surface area contributed by atoms with E-state index in [1.807, 2.05) is 0 Å². The number of nitrogens with zero attached hydrogens (tertiary/aromatic N) is 1. The van der Waals surface area contributed by atoms with Gasteiger partial charge in [-0.1, -0.05) is 45.8 Å². The Morgan fingerprint density at radius 1 is 1.00 bits per heavy atom. The van der Waals surface area contributed by atoms with E-state index in [-0.39, 0.29) is 49.3 Å². The first kappa shape index (κ1) is 34.0. The van der Waals surface area contributed by atoms with Gasteiger partial charge in [0.25, 0.3) is 12.3 Å². The maximum absolute atomic E-state index is 13.6. The summed E-state index contributed by atoms with van der Waals surface area (Å²) in [5.74, 6) is 0.847. The minimum atomic E-state index is -5.60. The standard InChI is InChI=1S/C32H37F5N2O6/c1-4-9-20-17-23(31(42,27(33)34)32(35,36)37)18-21(10-5-2)26(20)45-14-8-7-13-39-28(40)30(6-3,38-29(39)41)22-11-12-24-25(19-22)44-16-15-43-24/h7-8,11-12,17-19,27,42H,4-6,9-10,13-16H2,1-3H3,(H,38,41)/b8-7+. The Bertz CT molecular complexity index is 1400. The Hall–Kier alpha value is -3.87. The van der Waals surface area contributed by atoms with Gasteiger partial charge in [0.2, 0.25) is 5.60 Å². The number of rotatable bonds is 13. The summed E-state index contributed by atoms with van der Waals surface area (Å²) in [6.45, 7) is 5.97. The lowest BCUT2D eigenvalue weighted by Crippen LogP contribution is -2.48. The molecule has 1 fully saturated rings. The van der Waals surface area contributed by atoms with Gasteiger partial charge in [-0.25, -0.2) is 13.6 Å². The second kappa shape index (κ2) is 13.6. The van der Waals surface area contributed by atoms with Crippen LogP contribution in [0.5, 0.6) is 17.2 Å². The Morgan fingerprint density at radius 3 is 2.18 bits per heavy atom. The molecule has 1 saturated heterocycles. The number of hydrogen-bond acceptors (Lipinski definition) is 6. The Morgan fingerprint density at radius 2 is 1.62 bits per heavy atom. The van der Waals surface area contributed by atoms with E-state index in [4.69, 9.17) is 14.2 Å². The summed E-state index contributed by atoms with van der Waals surface area (Å²) in [5.41, 5.74) is -5.47. The number of carbonyl (C=O) groups is 2. The van der Waals surface area contributed by atoms with Gasteiger partial charge in [0.1, 0.15) is 31.1 Å². The Kier molecular flexibility index (Phi) is 10.3. The number of imide groups is 1. The minimum Gasteiger partial charge on any atom is -0.489 e. The lowest BCUT2D eigenvalue weighted by Gasteiger charge is -2.31. The molecule has 4 rings (SSSR count). The molecule has 8 nitrogen and oxygen atoms in total. The van der Waals surface area contributed by atoms with E-state index in [9.17, 15) is 36.6 Å². The van der Waals surface area contributed by atoms with Crippen LogP contribution in [0, 0.1) is 0 Å². The summed E-state index contributed by atoms with van der Waals surface area (Å²) in [6.07, 6.45) is -4.89. The highest BCUT2D eigenvalue weighted by Crippen LogP contribution is 2.45. The molecule has 2 aromatic rings. The number of amides is 3. The van der Waals surface area contributed by atoms with Crippen molar-refractivity contribution >= 4 is 11.9 Å². The average molecular weight is 641 g/mol. The van der Waals surface area contributed by atoms with Crippen LogP contribution in [0.15, 0.2) is 42.5 Å². The van der Waals surface area contributed by atoms with Gasteiger partial charge in [0, 0.05) is 6.54 Å². The van der Waals surface area contributed by atoms with Gasteiger partial charge in [-0.3, -0.25) is 9.69 Å². The summed E-state index contributed by atoms with van der Waals surface area (Å²) in [7, 11) is 0. The molecule has 2 heterocycles. The summed E-state index contributed by atoms with van der Waals surface area (Å²) in [6, 6.07) is 6.38. The number of benzene rings is 2. The number of halogens is 5. The second-order valence-corrected chi connectivity index (χ2v) is 10.9. The maximum Gasteiger partial charge on any atom is 0.427 e. The van der Waals surface area contributed by atoms with Crippen molar-refractivity contribution in [3.05, 3.63) is 64.7 Å². The smallest absolute Gasteiger partial charge is 0.427 e. The number of carbonyl (C=O) groups excluding carboxylic acids is 2. The third-order valence-corrected chi connectivity index (χ3v) is 7.99. The first-order valence-corrected chi connectivity index (χ1v) is 14.9. The fourth-order valence-corrected chi connectivity index (χ4v) is 5.60. The third kappa shape index (κ3) is 6.45. The van der Waals surface area contributed by atoms with Gasteiger partial charge in [-0.15, -0.1) is 0 Å². The first-order valence-electron chi connectivity index (χ1n) is 14.9. The molecule has 0 saturated carbocycles. The van der Waals surface area contributed by atoms with Crippen LogP contribution >= 0.6 is 0 Å². The van der Waals surface area contributed by atoms with E-state index in [0.29, 0.717) is 43.1 Å². The van der Waals surface area contributed by atoms with Crippen molar-refractivity contribution in [3.8, 4) is 17.2 Å². The summed E-state index contributed by atoms with van der Waals surface area (Å²) >= 11 is 0. The molecule has 2 aliphatic rings. The molecule has 0 radical (unpaired) electrons. The number of aliphatic hydroxyl groups is 1. The van der Waals surface area contributed by atoms with Crippen LogP contribution < -0.4 is 19.5 Å². The van der Waals surface area contributed by atoms with E-state index >= 15 is 0 Å². The number of urea groups is 1. The summed E-state index contributed by atoms with van der Waals surface area (Å²) < 4.78 is 85.3. The quantitative estimate of drug-likeness (QED) is 0.155. The van der Waals surface area contributed by atoms with Crippen LogP contribution in [0.1, 0.15) is 62.3 Å². The van der Waals surface area contributed by atoms with Gasteiger partial charge in [0.05, 0.1) is 0 Å². The van der Waals surface area contributed by atoms with Crippen molar-refractivity contribution in [1.29, 1.82) is 0 Å². The molecular weight excluding hydrogens is 603 g/mol. The fraction of sp³-hybridized carbons (Fsp3) is 0.500. The van der Waals surface area contributed by atoms with Crippen LogP contribution in [-0.2, 0) is 28.8 Å². The molecule has 0 spiro atoms. The van der Waals surface area contributed by atoms with Crippen molar-refractivity contribution in [2.45, 2.75) is 76.6 Å². The van der Waals surface area contributed by atoms with E-state index in [2.05, 4.69) is 5.32 Å². The van der Waals surface area contributed by atoms with Crippen LogP contribution in [0.25, 0.3) is 0 Å². The molecule has 45 heavy (non-hydrogen) atoms. The zero-order valence-electron chi connectivity index (χ0n) is 25.3.